The number of aromatic nitrogens is 1. The Bertz CT molecular complexity index is 773. The van der Waals surface area contributed by atoms with Gasteiger partial charge in [0.2, 0.25) is 0 Å². The zero-order chi connectivity index (χ0) is 18.0. The summed E-state index contributed by atoms with van der Waals surface area (Å²) in [5.74, 6) is 0.714. The number of halogens is 1. The van der Waals surface area contributed by atoms with Crippen molar-refractivity contribution in [1.82, 2.24) is 9.88 Å². The first kappa shape index (κ1) is 18.1. The Hall–Kier alpha value is -1.73. The van der Waals surface area contributed by atoms with E-state index in [-0.39, 0.29) is 16.7 Å². The summed E-state index contributed by atoms with van der Waals surface area (Å²) in [5.41, 5.74) is 1.39. The molecule has 0 saturated heterocycles. The molecule has 3 rings (SSSR count). The molecule has 134 valence electrons. The van der Waals surface area contributed by atoms with Crippen molar-refractivity contribution in [2.24, 2.45) is 5.92 Å². The van der Waals surface area contributed by atoms with E-state index >= 15 is 0 Å². The number of fused-ring (bicyclic) bond motifs is 1. The van der Waals surface area contributed by atoms with Crippen molar-refractivity contribution < 1.29 is 4.92 Å². The van der Waals surface area contributed by atoms with Crippen molar-refractivity contribution >= 4 is 38.2 Å². The molecule has 0 radical (unpaired) electrons. The number of nitro groups is 1. The molecule has 1 heterocycles. The van der Waals surface area contributed by atoms with Crippen molar-refractivity contribution in [3.05, 3.63) is 39.0 Å². The summed E-state index contributed by atoms with van der Waals surface area (Å²) < 4.78 is 0.889. The smallest absolute Gasteiger partial charge is 0.311 e. The molecule has 1 aromatic carbocycles. The number of hydrogen-bond donors (Lipinski definition) is 1. The van der Waals surface area contributed by atoms with Crippen LogP contribution in [-0.2, 0) is 0 Å². The number of nitrogens with zero attached hydrogens (tertiary/aromatic N) is 3. The van der Waals surface area contributed by atoms with E-state index in [0.29, 0.717) is 11.6 Å². The van der Waals surface area contributed by atoms with Gasteiger partial charge in [-0.1, -0.05) is 15.9 Å². The van der Waals surface area contributed by atoms with Crippen LogP contribution in [-0.4, -0.2) is 41.5 Å². The normalized spacial score (nSPS) is 20.8. The van der Waals surface area contributed by atoms with Crippen LogP contribution >= 0.6 is 15.9 Å². The van der Waals surface area contributed by atoms with Gasteiger partial charge in [0, 0.05) is 22.4 Å². The maximum Gasteiger partial charge on any atom is 0.311 e. The highest BCUT2D eigenvalue weighted by molar-refractivity contribution is 9.10. The molecule has 0 spiro atoms. The van der Waals surface area contributed by atoms with Crippen molar-refractivity contribution in [2.75, 3.05) is 26.0 Å². The molecule has 2 aromatic rings. The maximum absolute atomic E-state index is 11.5. The summed E-state index contributed by atoms with van der Waals surface area (Å²) in [6, 6.07) is 5.94. The van der Waals surface area contributed by atoms with Gasteiger partial charge in [0.25, 0.3) is 0 Å². The van der Waals surface area contributed by atoms with Crippen LogP contribution in [0.1, 0.15) is 25.7 Å². The fourth-order valence-corrected chi connectivity index (χ4v) is 4.02. The monoisotopic (exact) mass is 406 g/mol. The number of benzene rings is 1. The van der Waals surface area contributed by atoms with Crippen molar-refractivity contribution in [3.63, 3.8) is 0 Å². The zero-order valence-electron chi connectivity index (χ0n) is 14.5. The Morgan fingerprint density at radius 3 is 2.68 bits per heavy atom. The minimum absolute atomic E-state index is 0.0426. The summed E-state index contributed by atoms with van der Waals surface area (Å²) in [7, 11) is 4.21. The molecule has 1 saturated carbocycles. The maximum atomic E-state index is 11.5. The molecule has 1 aliphatic carbocycles. The highest BCUT2D eigenvalue weighted by Crippen LogP contribution is 2.36. The third-order valence-electron chi connectivity index (χ3n) is 4.83. The van der Waals surface area contributed by atoms with E-state index in [9.17, 15) is 10.1 Å². The Morgan fingerprint density at radius 1 is 1.32 bits per heavy atom. The van der Waals surface area contributed by atoms with Gasteiger partial charge in [0.05, 0.1) is 10.4 Å². The van der Waals surface area contributed by atoms with E-state index in [4.69, 9.17) is 0 Å². The predicted octanol–water partition coefficient (Wildman–Crippen LogP) is 4.44. The fourth-order valence-electron chi connectivity index (χ4n) is 3.65. The molecule has 0 bridgehead atoms. The first-order chi connectivity index (χ1) is 11.9. The van der Waals surface area contributed by atoms with Crippen molar-refractivity contribution in [1.29, 1.82) is 0 Å². The third kappa shape index (κ3) is 4.27. The summed E-state index contributed by atoms with van der Waals surface area (Å²) in [6.07, 6.45) is 5.73. The highest BCUT2D eigenvalue weighted by atomic mass is 79.9. The molecule has 1 aromatic heterocycles. The van der Waals surface area contributed by atoms with Crippen molar-refractivity contribution in [3.8, 4) is 0 Å². The minimum atomic E-state index is -0.354. The summed E-state index contributed by atoms with van der Waals surface area (Å²) in [6.45, 7) is 1.11. The van der Waals surface area contributed by atoms with Crippen LogP contribution in [0.15, 0.2) is 28.9 Å². The molecule has 1 fully saturated rings. The van der Waals surface area contributed by atoms with Crippen LogP contribution in [0.4, 0.5) is 11.4 Å². The van der Waals surface area contributed by atoms with E-state index in [1.807, 2.05) is 18.2 Å². The Morgan fingerprint density at radius 2 is 2.04 bits per heavy atom. The molecule has 1 aliphatic rings. The molecular weight excluding hydrogens is 384 g/mol. The fraction of sp³-hybridized carbons (Fsp3) is 0.500. The van der Waals surface area contributed by atoms with Crippen LogP contribution in [0, 0.1) is 16.0 Å². The standard InChI is InChI=1S/C18H23BrN4O2/c1-22(2)11-12-3-6-14(7-4-12)21-18-15-9-13(19)5-8-16(15)20-10-17(18)23(24)25/h5,8-10,12,14H,3-4,6-7,11H2,1-2H3,(H,20,21). The first-order valence-electron chi connectivity index (χ1n) is 8.58. The quantitative estimate of drug-likeness (QED) is 0.586. The van der Waals surface area contributed by atoms with Gasteiger partial charge in [-0.2, -0.15) is 0 Å². The number of rotatable bonds is 5. The zero-order valence-corrected chi connectivity index (χ0v) is 16.1. The second-order valence-electron chi connectivity index (χ2n) is 7.06. The van der Waals surface area contributed by atoms with Gasteiger partial charge in [-0.05, 0) is 63.9 Å². The van der Waals surface area contributed by atoms with E-state index in [0.717, 1.165) is 47.6 Å². The lowest BCUT2D eigenvalue weighted by Crippen LogP contribution is -2.31. The highest BCUT2D eigenvalue weighted by Gasteiger charge is 2.25. The van der Waals surface area contributed by atoms with Crippen LogP contribution in [0.5, 0.6) is 0 Å². The number of anilines is 1. The molecule has 6 nitrogen and oxygen atoms in total. The van der Waals surface area contributed by atoms with Crippen LogP contribution in [0.25, 0.3) is 10.9 Å². The summed E-state index contributed by atoms with van der Waals surface area (Å²) in [5, 5.41) is 15.7. The third-order valence-corrected chi connectivity index (χ3v) is 5.32. The predicted molar refractivity (Wildman–Crippen MR) is 104 cm³/mol. The molecule has 25 heavy (non-hydrogen) atoms. The molecule has 7 heteroatoms. The second-order valence-corrected chi connectivity index (χ2v) is 7.98. The van der Waals surface area contributed by atoms with Gasteiger partial charge in [0.1, 0.15) is 11.9 Å². The van der Waals surface area contributed by atoms with Crippen LogP contribution in [0.2, 0.25) is 0 Å². The van der Waals surface area contributed by atoms with Gasteiger partial charge in [-0.3, -0.25) is 10.1 Å². The van der Waals surface area contributed by atoms with Gasteiger partial charge in [-0.15, -0.1) is 0 Å². The lowest BCUT2D eigenvalue weighted by Gasteiger charge is -2.31. The van der Waals surface area contributed by atoms with Crippen molar-refractivity contribution in [2.45, 2.75) is 31.7 Å². The summed E-state index contributed by atoms with van der Waals surface area (Å²) in [4.78, 5) is 17.6. The number of pyridine rings is 1. The SMILES string of the molecule is CN(C)CC1CCC(Nc2c([N+](=O)[O-])cnc3ccc(Br)cc23)CC1. The topological polar surface area (TPSA) is 71.3 Å². The first-order valence-corrected chi connectivity index (χ1v) is 9.37. The van der Waals surface area contributed by atoms with E-state index in [2.05, 4.69) is 45.2 Å². The minimum Gasteiger partial charge on any atom is -0.376 e. The lowest BCUT2D eigenvalue weighted by atomic mass is 9.85. The Balaban J connectivity index is 1.84. The van der Waals surface area contributed by atoms with E-state index in [1.54, 1.807) is 0 Å². The molecule has 1 N–H and O–H groups in total. The van der Waals surface area contributed by atoms with E-state index in [1.165, 1.54) is 6.20 Å². The average Bonchev–Trinajstić information content (AvgIpc) is 2.56. The lowest BCUT2D eigenvalue weighted by molar-refractivity contribution is -0.384. The van der Waals surface area contributed by atoms with E-state index < -0.39 is 0 Å². The second kappa shape index (κ2) is 7.66. The molecule has 0 unspecified atom stereocenters. The molecular formula is C18H23BrN4O2. The summed E-state index contributed by atoms with van der Waals surface area (Å²) >= 11 is 3.45. The van der Waals surface area contributed by atoms with Crippen LogP contribution in [0.3, 0.4) is 0 Å². The molecule has 0 atom stereocenters. The number of hydrogen-bond acceptors (Lipinski definition) is 5. The Kier molecular flexibility index (Phi) is 5.54. The molecule has 0 amide bonds. The number of nitrogens with one attached hydrogen (secondary N) is 1. The van der Waals surface area contributed by atoms with Gasteiger partial charge >= 0.3 is 5.69 Å². The largest absolute Gasteiger partial charge is 0.376 e. The average molecular weight is 407 g/mol. The van der Waals surface area contributed by atoms with Gasteiger partial charge in [-0.25, -0.2) is 4.98 Å². The van der Waals surface area contributed by atoms with Gasteiger partial charge < -0.3 is 10.2 Å². The molecule has 0 aliphatic heterocycles. The van der Waals surface area contributed by atoms with Crippen LogP contribution < -0.4 is 5.32 Å². The van der Waals surface area contributed by atoms with Gasteiger partial charge in [0.15, 0.2) is 0 Å². The Labute approximate surface area is 155 Å².